The van der Waals surface area contributed by atoms with E-state index in [0.717, 1.165) is 12.2 Å². The van der Waals surface area contributed by atoms with Crippen LogP contribution in [-0.2, 0) is 0 Å². The molecule has 2 nitrogen and oxygen atoms in total. The number of nitrogens with two attached hydrogens (primary N) is 1. The van der Waals surface area contributed by atoms with E-state index >= 15 is 0 Å². The molecule has 0 radical (unpaired) electrons. The Morgan fingerprint density at radius 2 is 1.93 bits per heavy atom. The van der Waals surface area contributed by atoms with Gasteiger partial charge in [-0.1, -0.05) is 18.2 Å². The summed E-state index contributed by atoms with van der Waals surface area (Å²) in [7, 11) is 0. The highest BCUT2D eigenvalue weighted by Gasteiger charge is 1.99. The number of hydrogen-bond donors (Lipinski definition) is 2. The van der Waals surface area contributed by atoms with E-state index in [2.05, 4.69) is 12.6 Å². The molecule has 0 aliphatic heterocycles. The van der Waals surface area contributed by atoms with Gasteiger partial charge in [-0.15, -0.1) is 12.4 Å². The smallest absolute Gasteiger partial charge is 0.119 e. The van der Waals surface area contributed by atoms with Gasteiger partial charge in [0.2, 0.25) is 0 Å². The molecule has 1 aromatic carbocycles. The minimum absolute atomic E-state index is 0. The Morgan fingerprint density at radius 1 is 1.29 bits per heavy atom. The van der Waals surface area contributed by atoms with E-state index in [1.165, 1.54) is 0 Å². The highest BCUT2D eigenvalue weighted by atomic mass is 35.5. The van der Waals surface area contributed by atoms with Gasteiger partial charge in [0.1, 0.15) is 5.75 Å². The van der Waals surface area contributed by atoms with E-state index in [1.54, 1.807) is 0 Å². The largest absolute Gasteiger partial charge is 0.494 e. The fourth-order valence-corrected chi connectivity index (χ4v) is 1.12. The highest BCUT2D eigenvalue weighted by molar-refractivity contribution is 7.80. The minimum Gasteiger partial charge on any atom is -0.494 e. The fourth-order valence-electron chi connectivity index (χ4n) is 0.936. The summed E-state index contributed by atoms with van der Waals surface area (Å²) >= 11 is 4.10. The van der Waals surface area contributed by atoms with E-state index in [-0.39, 0.29) is 18.4 Å². The van der Waals surface area contributed by atoms with E-state index < -0.39 is 0 Å². The number of benzene rings is 1. The van der Waals surface area contributed by atoms with Crippen molar-refractivity contribution in [1.82, 2.24) is 0 Å². The third-order valence-corrected chi connectivity index (χ3v) is 2.20. The second kappa shape index (κ2) is 7.97. The SMILES string of the molecule is Cl.N[C@H](CS)CCOc1ccccc1. The summed E-state index contributed by atoms with van der Waals surface area (Å²) in [4.78, 5) is 0. The Kier molecular flexibility index (Phi) is 7.76. The zero-order chi connectivity index (χ0) is 9.52. The van der Waals surface area contributed by atoms with Crippen molar-refractivity contribution in [2.24, 2.45) is 5.73 Å². The molecule has 4 heteroatoms. The molecule has 80 valence electrons. The Bertz CT molecular complexity index is 233. The molecular formula is C10H16ClNOS. The van der Waals surface area contributed by atoms with Crippen LogP contribution in [0.2, 0.25) is 0 Å². The standard InChI is InChI=1S/C10H15NOS.ClH/c11-9(8-13)6-7-12-10-4-2-1-3-5-10;/h1-5,9,13H,6-8,11H2;1H/t9-;/m0./s1. The summed E-state index contributed by atoms with van der Waals surface area (Å²) in [5.74, 6) is 1.60. The number of hydrogen-bond acceptors (Lipinski definition) is 3. The van der Waals surface area contributed by atoms with Crippen LogP contribution in [0.3, 0.4) is 0 Å². The van der Waals surface area contributed by atoms with Crippen LogP contribution < -0.4 is 10.5 Å². The molecule has 1 atom stereocenters. The summed E-state index contributed by atoms with van der Waals surface area (Å²) in [6.07, 6.45) is 0.846. The first kappa shape index (κ1) is 13.6. The zero-order valence-corrected chi connectivity index (χ0v) is 9.64. The van der Waals surface area contributed by atoms with Gasteiger partial charge in [0.05, 0.1) is 6.61 Å². The van der Waals surface area contributed by atoms with Crippen molar-refractivity contribution in [3.63, 3.8) is 0 Å². The summed E-state index contributed by atoms with van der Waals surface area (Å²) in [5.41, 5.74) is 5.68. The molecule has 0 heterocycles. The predicted octanol–water partition coefficient (Wildman–Crippen LogP) is 2.13. The van der Waals surface area contributed by atoms with E-state index in [9.17, 15) is 0 Å². The molecule has 14 heavy (non-hydrogen) atoms. The molecule has 0 amide bonds. The molecule has 0 saturated heterocycles. The van der Waals surface area contributed by atoms with Crippen LogP contribution in [0.25, 0.3) is 0 Å². The van der Waals surface area contributed by atoms with Gasteiger partial charge < -0.3 is 10.5 Å². The summed E-state index contributed by atoms with van der Waals surface area (Å²) in [6, 6.07) is 9.87. The molecule has 0 aliphatic rings. The molecule has 1 rings (SSSR count). The average Bonchev–Trinajstić information content (AvgIpc) is 2.19. The maximum absolute atomic E-state index is 5.68. The molecule has 1 aromatic rings. The van der Waals surface area contributed by atoms with Crippen LogP contribution >= 0.6 is 25.0 Å². The lowest BCUT2D eigenvalue weighted by molar-refractivity contribution is 0.302. The lowest BCUT2D eigenvalue weighted by Crippen LogP contribution is -2.24. The molecule has 0 aromatic heterocycles. The Balaban J connectivity index is 0.00000169. The maximum Gasteiger partial charge on any atom is 0.119 e. The third kappa shape index (κ3) is 5.37. The summed E-state index contributed by atoms with van der Waals surface area (Å²) in [5, 5.41) is 0. The number of halogens is 1. The van der Waals surface area contributed by atoms with Crippen molar-refractivity contribution >= 4 is 25.0 Å². The predicted molar refractivity (Wildman–Crippen MR) is 65.6 cm³/mol. The number of thiol groups is 1. The third-order valence-electron chi connectivity index (χ3n) is 1.74. The monoisotopic (exact) mass is 233 g/mol. The molecule has 2 N–H and O–H groups in total. The lowest BCUT2D eigenvalue weighted by atomic mass is 10.3. The molecule has 0 bridgehead atoms. The summed E-state index contributed by atoms with van der Waals surface area (Å²) in [6.45, 7) is 0.658. The van der Waals surface area contributed by atoms with Gasteiger partial charge in [-0.2, -0.15) is 12.6 Å². The fraction of sp³-hybridized carbons (Fsp3) is 0.400. The second-order valence-corrected chi connectivity index (χ2v) is 3.26. The molecule has 0 saturated carbocycles. The number of rotatable bonds is 5. The lowest BCUT2D eigenvalue weighted by Gasteiger charge is -2.09. The van der Waals surface area contributed by atoms with Crippen LogP contribution in [0.15, 0.2) is 30.3 Å². The molecule has 0 spiro atoms. The summed E-state index contributed by atoms with van der Waals surface area (Å²) < 4.78 is 5.46. The van der Waals surface area contributed by atoms with Crippen LogP contribution in [-0.4, -0.2) is 18.4 Å². The van der Waals surface area contributed by atoms with Gasteiger partial charge in [0.15, 0.2) is 0 Å². The Hall–Kier alpha value is -0.380. The van der Waals surface area contributed by atoms with Gasteiger partial charge in [0, 0.05) is 11.8 Å². The average molecular weight is 234 g/mol. The van der Waals surface area contributed by atoms with E-state index in [1.807, 2.05) is 30.3 Å². The van der Waals surface area contributed by atoms with Crippen LogP contribution in [0.1, 0.15) is 6.42 Å². The highest BCUT2D eigenvalue weighted by Crippen LogP contribution is 2.08. The topological polar surface area (TPSA) is 35.2 Å². The van der Waals surface area contributed by atoms with E-state index in [4.69, 9.17) is 10.5 Å². The van der Waals surface area contributed by atoms with Crippen molar-refractivity contribution in [2.45, 2.75) is 12.5 Å². The van der Waals surface area contributed by atoms with Gasteiger partial charge >= 0.3 is 0 Å². The first-order valence-electron chi connectivity index (χ1n) is 4.37. The number of ether oxygens (including phenoxy) is 1. The Morgan fingerprint density at radius 3 is 2.50 bits per heavy atom. The normalized spacial score (nSPS) is 11.6. The van der Waals surface area contributed by atoms with Crippen molar-refractivity contribution in [3.8, 4) is 5.75 Å². The maximum atomic E-state index is 5.68. The van der Waals surface area contributed by atoms with Crippen molar-refractivity contribution in [1.29, 1.82) is 0 Å². The van der Waals surface area contributed by atoms with Gasteiger partial charge in [0.25, 0.3) is 0 Å². The van der Waals surface area contributed by atoms with E-state index in [0.29, 0.717) is 12.4 Å². The van der Waals surface area contributed by atoms with Gasteiger partial charge in [-0.3, -0.25) is 0 Å². The molecule has 0 fully saturated rings. The van der Waals surface area contributed by atoms with Crippen LogP contribution in [0.5, 0.6) is 5.75 Å². The van der Waals surface area contributed by atoms with Crippen LogP contribution in [0.4, 0.5) is 0 Å². The van der Waals surface area contributed by atoms with Gasteiger partial charge in [-0.25, -0.2) is 0 Å². The van der Waals surface area contributed by atoms with Crippen molar-refractivity contribution in [3.05, 3.63) is 30.3 Å². The number of para-hydroxylation sites is 1. The second-order valence-electron chi connectivity index (χ2n) is 2.89. The van der Waals surface area contributed by atoms with Crippen LogP contribution in [0, 0.1) is 0 Å². The first-order valence-corrected chi connectivity index (χ1v) is 5.00. The zero-order valence-electron chi connectivity index (χ0n) is 7.93. The molecule has 0 unspecified atom stereocenters. The van der Waals surface area contributed by atoms with Crippen molar-refractivity contribution < 1.29 is 4.74 Å². The van der Waals surface area contributed by atoms with Crippen molar-refractivity contribution in [2.75, 3.05) is 12.4 Å². The quantitative estimate of drug-likeness (QED) is 0.765. The molecular weight excluding hydrogens is 218 g/mol. The Labute approximate surface area is 96.7 Å². The minimum atomic E-state index is 0. The first-order chi connectivity index (χ1) is 6.33. The van der Waals surface area contributed by atoms with Gasteiger partial charge in [-0.05, 0) is 18.6 Å². The molecule has 0 aliphatic carbocycles.